The van der Waals surface area contributed by atoms with Crippen LogP contribution in [-0.2, 0) is 9.59 Å². The number of benzene rings is 2. The van der Waals surface area contributed by atoms with Gasteiger partial charge in [-0.15, -0.1) is 0 Å². The third-order valence-corrected chi connectivity index (χ3v) is 4.91. The van der Waals surface area contributed by atoms with Crippen molar-refractivity contribution in [1.82, 2.24) is 0 Å². The fourth-order valence-electron chi connectivity index (χ4n) is 2.40. The monoisotopic (exact) mass is 391 g/mol. The van der Waals surface area contributed by atoms with Crippen LogP contribution in [0.1, 0.15) is 19.8 Å². The zero-order valence-electron chi connectivity index (χ0n) is 14.2. The van der Waals surface area contributed by atoms with Crippen LogP contribution in [0.25, 0.3) is 0 Å². The van der Waals surface area contributed by atoms with Gasteiger partial charge in [-0.1, -0.05) is 29.3 Å². The lowest BCUT2D eigenvalue weighted by molar-refractivity contribution is -0.117. The molecule has 0 heterocycles. The van der Waals surface area contributed by atoms with E-state index in [1.54, 1.807) is 37.3 Å². The third-order valence-electron chi connectivity index (χ3n) is 4.09. The van der Waals surface area contributed by atoms with Crippen molar-refractivity contribution in [3.8, 4) is 0 Å². The third kappa shape index (κ3) is 4.68. The molecule has 0 unspecified atom stereocenters. The standard InChI is InChI=1S/C19H19Cl2N3O2/c1-11(18(25)24-16-4-2-3-15(20)17(16)21)22-13-7-9-14(10-8-13)23-19(26)12-5-6-12/h2-4,7-12,22H,5-6H2,1H3,(H,23,26)(H,24,25)/t11-/m1/s1. The maximum Gasteiger partial charge on any atom is 0.246 e. The van der Waals surface area contributed by atoms with Gasteiger partial charge in [0.1, 0.15) is 6.04 Å². The molecular formula is C19H19Cl2N3O2. The Balaban J connectivity index is 1.56. The average molecular weight is 392 g/mol. The molecule has 7 heteroatoms. The zero-order valence-corrected chi connectivity index (χ0v) is 15.7. The Hall–Kier alpha value is -2.24. The molecule has 1 aliphatic carbocycles. The Bertz CT molecular complexity index is 820. The molecule has 1 fully saturated rings. The van der Waals surface area contributed by atoms with Crippen LogP contribution in [0.2, 0.25) is 10.0 Å². The molecule has 1 saturated carbocycles. The largest absolute Gasteiger partial charge is 0.374 e. The number of carbonyl (C=O) groups excluding carboxylic acids is 2. The van der Waals surface area contributed by atoms with E-state index in [9.17, 15) is 9.59 Å². The Morgan fingerprint density at radius 1 is 1.00 bits per heavy atom. The molecule has 2 aromatic carbocycles. The maximum atomic E-state index is 12.3. The van der Waals surface area contributed by atoms with Crippen molar-refractivity contribution in [2.24, 2.45) is 5.92 Å². The van der Waals surface area contributed by atoms with E-state index in [0.717, 1.165) is 24.2 Å². The van der Waals surface area contributed by atoms with Gasteiger partial charge in [0.25, 0.3) is 0 Å². The van der Waals surface area contributed by atoms with Crippen LogP contribution < -0.4 is 16.0 Å². The predicted octanol–water partition coefficient (Wildman–Crippen LogP) is 4.78. The fraction of sp³-hybridized carbons (Fsp3) is 0.263. The Morgan fingerprint density at radius 3 is 2.31 bits per heavy atom. The molecule has 1 aliphatic rings. The number of hydrogen-bond acceptors (Lipinski definition) is 3. The molecule has 5 nitrogen and oxygen atoms in total. The van der Waals surface area contributed by atoms with E-state index in [-0.39, 0.29) is 17.7 Å². The average Bonchev–Trinajstić information content (AvgIpc) is 3.45. The highest BCUT2D eigenvalue weighted by Gasteiger charge is 2.29. The lowest BCUT2D eigenvalue weighted by Crippen LogP contribution is -2.31. The predicted molar refractivity (Wildman–Crippen MR) is 106 cm³/mol. The smallest absolute Gasteiger partial charge is 0.246 e. The molecule has 136 valence electrons. The van der Waals surface area contributed by atoms with Crippen molar-refractivity contribution in [2.45, 2.75) is 25.8 Å². The summed E-state index contributed by atoms with van der Waals surface area (Å²) in [4.78, 5) is 24.1. The molecular weight excluding hydrogens is 373 g/mol. The van der Waals surface area contributed by atoms with Gasteiger partial charge in [0, 0.05) is 17.3 Å². The van der Waals surface area contributed by atoms with Crippen LogP contribution in [0.15, 0.2) is 42.5 Å². The zero-order chi connectivity index (χ0) is 18.7. The molecule has 0 bridgehead atoms. The summed E-state index contributed by atoms with van der Waals surface area (Å²) >= 11 is 12.0. The summed E-state index contributed by atoms with van der Waals surface area (Å²) in [6.07, 6.45) is 1.93. The van der Waals surface area contributed by atoms with E-state index in [0.29, 0.717) is 15.7 Å². The minimum atomic E-state index is -0.489. The van der Waals surface area contributed by atoms with Crippen molar-refractivity contribution in [3.05, 3.63) is 52.5 Å². The topological polar surface area (TPSA) is 70.2 Å². The summed E-state index contributed by atoms with van der Waals surface area (Å²) in [7, 11) is 0. The minimum Gasteiger partial charge on any atom is -0.374 e. The van der Waals surface area contributed by atoms with E-state index in [1.807, 2.05) is 12.1 Å². The SMILES string of the molecule is C[C@@H](Nc1ccc(NC(=O)C2CC2)cc1)C(=O)Nc1cccc(Cl)c1Cl. The lowest BCUT2D eigenvalue weighted by Gasteiger charge is -2.16. The number of carbonyl (C=O) groups is 2. The van der Waals surface area contributed by atoms with E-state index in [4.69, 9.17) is 23.2 Å². The second-order valence-corrected chi connectivity index (χ2v) is 7.08. The van der Waals surface area contributed by atoms with Gasteiger partial charge >= 0.3 is 0 Å². The summed E-state index contributed by atoms with van der Waals surface area (Å²) in [5, 5.41) is 9.44. The number of hydrogen-bond donors (Lipinski definition) is 3. The van der Waals surface area contributed by atoms with Crippen LogP contribution in [0.3, 0.4) is 0 Å². The van der Waals surface area contributed by atoms with Crippen molar-refractivity contribution < 1.29 is 9.59 Å². The van der Waals surface area contributed by atoms with Crippen LogP contribution in [-0.4, -0.2) is 17.9 Å². The van der Waals surface area contributed by atoms with Crippen molar-refractivity contribution >= 4 is 52.1 Å². The van der Waals surface area contributed by atoms with E-state index in [1.165, 1.54) is 0 Å². The first-order valence-electron chi connectivity index (χ1n) is 8.36. The fourth-order valence-corrected chi connectivity index (χ4v) is 2.74. The number of anilines is 3. The minimum absolute atomic E-state index is 0.0665. The molecule has 3 N–H and O–H groups in total. The molecule has 0 radical (unpaired) electrons. The molecule has 2 amide bonds. The number of halogens is 2. The number of nitrogens with one attached hydrogen (secondary N) is 3. The maximum absolute atomic E-state index is 12.3. The van der Waals surface area contributed by atoms with Crippen molar-refractivity contribution in [2.75, 3.05) is 16.0 Å². The van der Waals surface area contributed by atoms with Crippen LogP contribution in [0.5, 0.6) is 0 Å². The van der Waals surface area contributed by atoms with Gasteiger partial charge in [-0.2, -0.15) is 0 Å². The van der Waals surface area contributed by atoms with Crippen molar-refractivity contribution in [1.29, 1.82) is 0 Å². The van der Waals surface area contributed by atoms with Gasteiger partial charge in [0.2, 0.25) is 11.8 Å². The van der Waals surface area contributed by atoms with E-state index < -0.39 is 6.04 Å². The summed E-state index contributed by atoms with van der Waals surface area (Å²) in [6, 6.07) is 11.8. The first-order chi connectivity index (χ1) is 12.4. The summed E-state index contributed by atoms with van der Waals surface area (Å²) in [5.41, 5.74) is 1.99. The molecule has 2 aromatic rings. The van der Waals surface area contributed by atoms with Crippen LogP contribution in [0.4, 0.5) is 17.1 Å². The van der Waals surface area contributed by atoms with Crippen LogP contribution >= 0.6 is 23.2 Å². The Morgan fingerprint density at radius 2 is 1.65 bits per heavy atom. The molecule has 1 atom stereocenters. The van der Waals surface area contributed by atoms with Gasteiger partial charge in [0.15, 0.2) is 0 Å². The summed E-state index contributed by atoms with van der Waals surface area (Å²) in [6.45, 7) is 1.75. The van der Waals surface area contributed by atoms with E-state index >= 15 is 0 Å². The second-order valence-electron chi connectivity index (χ2n) is 6.30. The number of amides is 2. The number of rotatable bonds is 6. The van der Waals surface area contributed by atoms with Crippen LogP contribution in [0, 0.1) is 5.92 Å². The summed E-state index contributed by atoms with van der Waals surface area (Å²) < 4.78 is 0. The van der Waals surface area contributed by atoms with Gasteiger partial charge in [-0.25, -0.2) is 0 Å². The lowest BCUT2D eigenvalue weighted by atomic mass is 10.2. The highest BCUT2D eigenvalue weighted by atomic mass is 35.5. The van der Waals surface area contributed by atoms with Gasteiger partial charge in [-0.05, 0) is 56.2 Å². The molecule has 26 heavy (non-hydrogen) atoms. The first kappa shape index (κ1) is 18.5. The van der Waals surface area contributed by atoms with Gasteiger partial charge in [-0.3, -0.25) is 9.59 Å². The highest BCUT2D eigenvalue weighted by Crippen LogP contribution is 2.31. The Kier molecular flexibility index (Phi) is 5.69. The van der Waals surface area contributed by atoms with E-state index in [2.05, 4.69) is 16.0 Å². The quantitative estimate of drug-likeness (QED) is 0.663. The molecule has 0 saturated heterocycles. The normalized spacial score (nSPS) is 14.4. The molecule has 0 aromatic heterocycles. The molecule has 0 aliphatic heterocycles. The van der Waals surface area contributed by atoms with Gasteiger partial charge < -0.3 is 16.0 Å². The molecule has 0 spiro atoms. The molecule has 3 rings (SSSR count). The van der Waals surface area contributed by atoms with Crippen molar-refractivity contribution in [3.63, 3.8) is 0 Å². The first-order valence-corrected chi connectivity index (χ1v) is 9.12. The second kappa shape index (κ2) is 7.98. The highest BCUT2D eigenvalue weighted by molar-refractivity contribution is 6.44. The Labute approximate surface area is 162 Å². The van der Waals surface area contributed by atoms with Gasteiger partial charge in [0.05, 0.1) is 15.7 Å². The summed E-state index contributed by atoms with van der Waals surface area (Å²) in [5.74, 6) is -0.00744.